The van der Waals surface area contributed by atoms with Crippen LogP contribution in [0.15, 0.2) is 19.8 Å². The summed E-state index contributed by atoms with van der Waals surface area (Å²) in [5, 5.41) is 5.98. The Labute approximate surface area is 94.0 Å². The second-order valence-electron chi connectivity index (χ2n) is 2.87. The Bertz CT molecular complexity index is 449. The van der Waals surface area contributed by atoms with Crippen molar-refractivity contribution < 1.29 is 4.52 Å². The van der Waals surface area contributed by atoms with Gasteiger partial charge in [-0.1, -0.05) is 12.1 Å². The van der Waals surface area contributed by atoms with Gasteiger partial charge in [0.25, 0.3) is 0 Å². The van der Waals surface area contributed by atoms with Gasteiger partial charge in [0.2, 0.25) is 5.88 Å². The fourth-order valence-electron chi connectivity index (χ4n) is 1.32. The Morgan fingerprint density at radius 1 is 1.64 bits per heavy atom. The van der Waals surface area contributed by atoms with Crippen molar-refractivity contribution in [3.05, 3.63) is 20.8 Å². The van der Waals surface area contributed by atoms with E-state index in [4.69, 9.17) is 10.3 Å². The molecule has 0 aliphatic rings. The summed E-state index contributed by atoms with van der Waals surface area (Å²) in [4.78, 5) is 0. The molecular formula is C9H9BrN2OS. The van der Waals surface area contributed by atoms with Crippen molar-refractivity contribution in [2.24, 2.45) is 0 Å². The fourth-order valence-corrected chi connectivity index (χ4v) is 2.47. The van der Waals surface area contributed by atoms with Crippen LogP contribution in [0.5, 0.6) is 0 Å². The number of anilines is 1. The van der Waals surface area contributed by atoms with Gasteiger partial charge in [-0.25, -0.2) is 0 Å². The van der Waals surface area contributed by atoms with Gasteiger partial charge in [-0.2, -0.15) is 0 Å². The zero-order valence-electron chi connectivity index (χ0n) is 7.58. The molecule has 0 radical (unpaired) electrons. The van der Waals surface area contributed by atoms with Crippen molar-refractivity contribution in [2.75, 3.05) is 5.73 Å². The average molecular weight is 273 g/mol. The third-order valence-electron chi connectivity index (χ3n) is 2.01. The maximum absolute atomic E-state index is 5.66. The summed E-state index contributed by atoms with van der Waals surface area (Å²) in [5.41, 5.74) is 8.55. The highest BCUT2D eigenvalue weighted by molar-refractivity contribution is 9.11. The minimum atomic E-state index is 0.421. The van der Waals surface area contributed by atoms with Crippen molar-refractivity contribution in [3.63, 3.8) is 0 Å². The molecule has 0 amide bonds. The lowest BCUT2D eigenvalue weighted by molar-refractivity contribution is 0.438. The normalized spacial score (nSPS) is 10.7. The van der Waals surface area contributed by atoms with Crippen molar-refractivity contribution in [1.29, 1.82) is 0 Å². The number of hydrogen-bond donors (Lipinski definition) is 1. The van der Waals surface area contributed by atoms with Crippen LogP contribution in [0.3, 0.4) is 0 Å². The number of nitrogens with two attached hydrogens (primary N) is 1. The lowest BCUT2D eigenvalue weighted by Crippen LogP contribution is -1.88. The van der Waals surface area contributed by atoms with Crippen LogP contribution in [0.25, 0.3) is 11.3 Å². The van der Waals surface area contributed by atoms with Crippen molar-refractivity contribution in [3.8, 4) is 11.3 Å². The van der Waals surface area contributed by atoms with E-state index in [2.05, 4.69) is 21.1 Å². The van der Waals surface area contributed by atoms with Crippen LogP contribution < -0.4 is 5.73 Å². The molecule has 0 saturated carbocycles. The highest BCUT2D eigenvalue weighted by atomic mass is 79.9. The van der Waals surface area contributed by atoms with E-state index in [1.807, 2.05) is 18.4 Å². The van der Waals surface area contributed by atoms with E-state index < -0.39 is 0 Å². The molecule has 2 rings (SSSR count). The number of nitrogens with zero attached hydrogens (tertiary/aromatic N) is 1. The number of aromatic nitrogens is 1. The number of thiophene rings is 1. The van der Waals surface area contributed by atoms with Gasteiger partial charge in [0.1, 0.15) is 5.69 Å². The smallest absolute Gasteiger partial charge is 0.225 e. The molecule has 5 heteroatoms. The van der Waals surface area contributed by atoms with Crippen LogP contribution in [0, 0.1) is 0 Å². The zero-order valence-corrected chi connectivity index (χ0v) is 9.98. The summed E-state index contributed by atoms with van der Waals surface area (Å²) < 4.78 is 6.05. The maximum Gasteiger partial charge on any atom is 0.225 e. The van der Waals surface area contributed by atoms with Gasteiger partial charge < -0.3 is 10.3 Å². The molecule has 2 heterocycles. The fraction of sp³-hybridized carbons (Fsp3) is 0.222. The van der Waals surface area contributed by atoms with Crippen LogP contribution in [0.1, 0.15) is 12.5 Å². The van der Waals surface area contributed by atoms with Gasteiger partial charge in [-0.15, -0.1) is 11.3 Å². The molecule has 0 bridgehead atoms. The predicted molar refractivity (Wildman–Crippen MR) is 61.3 cm³/mol. The molecule has 74 valence electrons. The lowest BCUT2D eigenvalue weighted by atomic mass is 10.1. The van der Waals surface area contributed by atoms with Crippen LogP contribution >= 0.6 is 27.3 Å². The highest BCUT2D eigenvalue weighted by Crippen LogP contribution is 2.32. The summed E-state index contributed by atoms with van der Waals surface area (Å²) in [7, 11) is 0. The quantitative estimate of drug-likeness (QED) is 0.913. The van der Waals surface area contributed by atoms with Crippen LogP contribution in [0.4, 0.5) is 5.88 Å². The van der Waals surface area contributed by atoms with E-state index >= 15 is 0 Å². The van der Waals surface area contributed by atoms with Crippen molar-refractivity contribution >= 4 is 33.2 Å². The molecule has 0 unspecified atom stereocenters. The van der Waals surface area contributed by atoms with E-state index in [1.165, 1.54) is 0 Å². The summed E-state index contributed by atoms with van der Waals surface area (Å²) >= 11 is 5.03. The third-order valence-corrected chi connectivity index (χ3v) is 3.52. The number of hydrogen-bond acceptors (Lipinski definition) is 4. The number of halogens is 1. The van der Waals surface area contributed by atoms with Crippen molar-refractivity contribution in [2.45, 2.75) is 13.3 Å². The Kier molecular flexibility index (Phi) is 2.60. The first kappa shape index (κ1) is 9.73. The van der Waals surface area contributed by atoms with Crippen LogP contribution in [-0.4, -0.2) is 5.16 Å². The maximum atomic E-state index is 5.66. The number of nitrogen functional groups attached to an aromatic ring is 1. The first-order valence-corrected chi connectivity index (χ1v) is 5.88. The topological polar surface area (TPSA) is 52.0 Å². The molecule has 0 fully saturated rings. The summed E-state index contributed by atoms with van der Waals surface area (Å²) in [6, 6.07) is 2.02. The largest absolute Gasteiger partial charge is 0.367 e. The standard InChI is InChI=1S/C9H9BrN2OS/c1-2-6-8(12-13-9(6)11)5-3-7(10)14-4-5/h3-4H,2,11H2,1H3. The van der Waals surface area contributed by atoms with E-state index in [9.17, 15) is 0 Å². The zero-order chi connectivity index (χ0) is 10.1. The van der Waals surface area contributed by atoms with E-state index in [1.54, 1.807) is 11.3 Å². The molecule has 2 aromatic heterocycles. The van der Waals surface area contributed by atoms with E-state index in [0.717, 1.165) is 27.0 Å². The monoisotopic (exact) mass is 272 g/mol. The predicted octanol–water partition coefficient (Wildman–Crippen LogP) is 3.31. The van der Waals surface area contributed by atoms with Crippen LogP contribution in [0.2, 0.25) is 0 Å². The second-order valence-corrected chi connectivity index (χ2v) is 5.16. The van der Waals surface area contributed by atoms with Crippen LogP contribution in [-0.2, 0) is 6.42 Å². The Morgan fingerprint density at radius 3 is 3.00 bits per heavy atom. The molecule has 0 spiro atoms. The third kappa shape index (κ3) is 1.57. The van der Waals surface area contributed by atoms with Gasteiger partial charge >= 0.3 is 0 Å². The molecule has 0 aliphatic carbocycles. The second kappa shape index (κ2) is 3.74. The molecule has 14 heavy (non-hydrogen) atoms. The van der Waals surface area contributed by atoms with Gasteiger partial charge in [0.05, 0.1) is 3.79 Å². The Balaban J connectivity index is 2.51. The van der Waals surface area contributed by atoms with Gasteiger partial charge in [0.15, 0.2) is 0 Å². The highest BCUT2D eigenvalue weighted by Gasteiger charge is 2.14. The summed E-state index contributed by atoms with van der Waals surface area (Å²) in [5.74, 6) is 0.421. The molecule has 0 aliphatic heterocycles. The summed E-state index contributed by atoms with van der Waals surface area (Å²) in [6.45, 7) is 2.04. The average Bonchev–Trinajstić information content (AvgIpc) is 2.71. The first-order chi connectivity index (χ1) is 6.72. The first-order valence-electron chi connectivity index (χ1n) is 4.20. The van der Waals surface area contributed by atoms with Gasteiger partial charge in [-0.05, 0) is 28.4 Å². The van der Waals surface area contributed by atoms with Crippen molar-refractivity contribution in [1.82, 2.24) is 5.16 Å². The van der Waals surface area contributed by atoms with Gasteiger partial charge in [-0.3, -0.25) is 0 Å². The SMILES string of the molecule is CCc1c(-c2csc(Br)c2)noc1N. The molecule has 0 saturated heterocycles. The minimum Gasteiger partial charge on any atom is -0.367 e. The summed E-state index contributed by atoms with van der Waals surface area (Å²) in [6.07, 6.45) is 0.831. The molecule has 0 atom stereocenters. The van der Waals surface area contributed by atoms with Gasteiger partial charge in [0, 0.05) is 16.5 Å². The molecule has 0 aromatic carbocycles. The Morgan fingerprint density at radius 2 is 2.43 bits per heavy atom. The number of rotatable bonds is 2. The van der Waals surface area contributed by atoms with E-state index in [0.29, 0.717) is 5.88 Å². The minimum absolute atomic E-state index is 0.421. The molecule has 2 N–H and O–H groups in total. The lowest BCUT2D eigenvalue weighted by Gasteiger charge is -1.94. The van der Waals surface area contributed by atoms with E-state index in [-0.39, 0.29) is 0 Å². The molecule has 3 nitrogen and oxygen atoms in total. The molecule has 2 aromatic rings. The Hall–Kier alpha value is -0.810. The molecular weight excluding hydrogens is 264 g/mol.